The highest BCUT2D eigenvalue weighted by Crippen LogP contribution is 2.46. The number of carbonyl (C=O) groups is 1. The van der Waals surface area contributed by atoms with Crippen molar-refractivity contribution in [2.24, 2.45) is 0 Å². The molecule has 44 heavy (non-hydrogen) atoms. The molecule has 236 valence electrons. The molecule has 0 spiro atoms. The van der Waals surface area contributed by atoms with E-state index in [9.17, 15) is 9.18 Å². The van der Waals surface area contributed by atoms with Crippen LogP contribution in [0.25, 0.3) is 21.7 Å². The van der Waals surface area contributed by atoms with Crippen LogP contribution >= 0.6 is 11.3 Å². The third kappa shape index (κ3) is 6.16. The van der Waals surface area contributed by atoms with Gasteiger partial charge in [0.2, 0.25) is 17.0 Å². The number of pyridine rings is 1. The van der Waals surface area contributed by atoms with Crippen LogP contribution in [0.3, 0.4) is 0 Å². The van der Waals surface area contributed by atoms with E-state index in [0.717, 1.165) is 19.3 Å². The summed E-state index contributed by atoms with van der Waals surface area (Å²) in [5, 5.41) is 10.3. The molecule has 3 aliphatic rings. The Balaban J connectivity index is 1.28. The molecule has 6 rings (SSSR count). The first-order valence-corrected chi connectivity index (χ1v) is 15.6. The molecule has 2 saturated heterocycles. The Hall–Kier alpha value is -3.58. The number of fused-ring (bicyclic) bond motifs is 2. The number of ether oxygens (including phenoxy) is 4. The second-order valence-electron chi connectivity index (χ2n) is 12.4. The molecule has 13 heteroatoms. The van der Waals surface area contributed by atoms with Gasteiger partial charge in [0.1, 0.15) is 17.5 Å². The highest BCUT2D eigenvalue weighted by Gasteiger charge is 2.54. The van der Waals surface area contributed by atoms with Crippen molar-refractivity contribution in [2.45, 2.75) is 88.8 Å². The van der Waals surface area contributed by atoms with Gasteiger partial charge in [-0.05, 0) is 76.1 Å². The molecule has 2 bridgehead atoms. The number of nitrogens with zero attached hydrogens (tertiary/aromatic N) is 5. The third-order valence-electron chi connectivity index (χ3n) is 8.19. The number of methoxy groups -OCH3 is 2. The molecular formula is C31H37F2N5O5S. The largest absolute Gasteiger partial charge is 0.481 e. The van der Waals surface area contributed by atoms with E-state index in [2.05, 4.69) is 20.1 Å². The monoisotopic (exact) mass is 629 g/mol. The van der Waals surface area contributed by atoms with Gasteiger partial charge in [0.25, 0.3) is 0 Å². The number of rotatable bonds is 9. The molecule has 3 aromatic rings. The average Bonchev–Trinajstić information content (AvgIpc) is 3.58. The van der Waals surface area contributed by atoms with Crippen LogP contribution in [0.5, 0.6) is 11.6 Å². The SMILES string of the molecule is COCOc1cc(-c2cc(F)nc(OC)c2)ccc1-c1nnc(N(C2CC2)[C@H]2C[C@@H]3CCC([C@H]2F)N3C(=O)OC(C)(C)C)s1. The normalized spacial score (nSPS) is 23.0. The van der Waals surface area contributed by atoms with E-state index in [1.165, 1.54) is 31.6 Å². The predicted octanol–water partition coefficient (Wildman–Crippen LogP) is 6.24. The van der Waals surface area contributed by atoms with E-state index in [4.69, 9.17) is 18.9 Å². The van der Waals surface area contributed by atoms with Crippen LogP contribution in [0.4, 0.5) is 18.7 Å². The minimum atomic E-state index is -1.24. The molecule has 3 fully saturated rings. The summed E-state index contributed by atoms with van der Waals surface area (Å²) in [6, 6.07) is 7.58. The van der Waals surface area contributed by atoms with Crippen LogP contribution in [-0.4, -0.2) is 83.1 Å². The van der Waals surface area contributed by atoms with Gasteiger partial charge in [-0.1, -0.05) is 17.4 Å². The lowest BCUT2D eigenvalue weighted by Crippen LogP contribution is -2.60. The number of carbonyl (C=O) groups excluding carboxylic acids is 1. The molecule has 1 amide bonds. The van der Waals surface area contributed by atoms with Crippen molar-refractivity contribution in [1.82, 2.24) is 20.1 Å². The fourth-order valence-corrected chi connectivity index (χ4v) is 7.21. The maximum atomic E-state index is 16.3. The van der Waals surface area contributed by atoms with Gasteiger partial charge in [0, 0.05) is 31.3 Å². The summed E-state index contributed by atoms with van der Waals surface area (Å²) in [6.07, 6.45) is 2.08. The van der Waals surface area contributed by atoms with Crippen LogP contribution < -0.4 is 14.4 Å². The molecule has 0 radical (unpaired) electrons. The van der Waals surface area contributed by atoms with Gasteiger partial charge in [0.05, 0.1) is 24.8 Å². The molecule has 2 aromatic heterocycles. The van der Waals surface area contributed by atoms with E-state index in [-0.39, 0.29) is 24.8 Å². The number of benzene rings is 1. The third-order valence-corrected chi connectivity index (χ3v) is 9.16. The van der Waals surface area contributed by atoms with E-state index >= 15 is 4.39 Å². The maximum absolute atomic E-state index is 16.3. The fourth-order valence-electron chi connectivity index (χ4n) is 6.20. The topological polar surface area (TPSA) is 99.1 Å². The van der Waals surface area contributed by atoms with Crippen molar-refractivity contribution in [3.05, 3.63) is 36.3 Å². The van der Waals surface area contributed by atoms with Crippen molar-refractivity contribution in [2.75, 3.05) is 25.9 Å². The first-order valence-electron chi connectivity index (χ1n) is 14.8. The summed E-state index contributed by atoms with van der Waals surface area (Å²) in [6.45, 7) is 5.46. The summed E-state index contributed by atoms with van der Waals surface area (Å²) < 4.78 is 52.3. The van der Waals surface area contributed by atoms with Gasteiger partial charge < -0.3 is 23.8 Å². The second kappa shape index (κ2) is 12.1. The molecule has 2 aliphatic heterocycles. The Morgan fingerprint density at radius 3 is 2.59 bits per heavy atom. The molecule has 1 saturated carbocycles. The number of halogens is 2. The van der Waals surface area contributed by atoms with Crippen molar-refractivity contribution in [3.63, 3.8) is 0 Å². The predicted molar refractivity (Wildman–Crippen MR) is 161 cm³/mol. The molecule has 1 aromatic carbocycles. The van der Waals surface area contributed by atoms with Crippen molar-refractivity contribution < 1.29 is 32.5 Å². The summed E-state index contributed by atoms with van der Waals surface area (Å²) in [5.74, 6) is -0.0181. The Labute approximate surface area is 259 Å². The molecule has 0 N–H and O–H groups in total. The minimum Gasteiger partial charge on any atom is -0.481 e. The van der Waals surface area contributed by atoms with Gasteiger partial charge in [-0.3, -0.25) is 4.90 Å². The summed E-state index contributed by atoms with van der Waals surface area (Å²) in [5.41, 5.74) is 1.30. The molecule has 4 atom stereocenters. The lowest BCUT2D eigenvalue weighted by atomic mass is 9.94. The van der Waals surface area contributed by atoms with Crippen LogP contribution in [0, 0.1) is 5.95 Å². The number of anilines is 1. The van der Waals surface area contributed by atoms with Crippen molar-refractivity contribution >= 4 is 22.6 Å². The lowest BCUT2D eigenvalue weighted by molar-refractivity contribution is -0.0108. The summed E-state index contributed by atoms with van der Waals surface area (Å²) >= 11 is 1.37. The van der Waals surface area contributed by atoms with Gasteiger partial charge in [-0.2, -0.15) is 9.37 Å². The maximum Gasteiger partial charge on any atom is 0.410 e. The molecular weight excluding hydrogens is 592 g/mol. The molecule has 4 heterocycles. The van der Waals surface area contributed by atoms with Crippen LogP contribution in [0.1, 0.15) is 52.9 Å². The average molecular weight is 630 g/mol. The quantitative estimate of drug-likeness (QED) is 0.201. The summed E-state index contributed by atoms with van der Waals surface area (Å²) in [4.78, 5) is 20.5. The number of hydrogen-bond acceptors (Lipinski definition) is 10. The van der Waals surface area contributed by atoms with Crippen LogP contribution in [0.2, 0.25) is 0 Å². The van der Waals surface area contributed by atoms with E-state index < -0.39 is 35.9 Å². The first kappa shape index (κ1) is 30.4. The fraction of sp³-hybridized carbons (Fsp3) is 0.548. The zero-order valence-corrected chi connectivity index (χ0v) is 26.3. The Morgan fingerprint density at radius 2 is 1.89 bits per heavy atom. The highest BCUT2D eigenvalue weighted by molar-refractivity contribution is 7.18. The van der Waals surface area contributed by atoms with E-state index in [0.29, 0.717) is 45.4 Å². The van der Waals surface area contributed by atoms with Crippen LogP contribution in [-0.2, 0) is 9.47 Å². The van der Waals surface area contributed by atoms with Crippen LogP contribution in [0.15, 0.2) is 30.3 Å². The smallest absolute Gasteiger partial charge is 0.410 e. The van der Waals surface area contributed by atoms with E-state index in [1.807, 2.05) is 32.9 Å². The van der Waals surface area contributed by atoms with Gasteiger partial charge >= 0.3 is 6.09 Å². The Morgan fingerprint density at radius 1 is 1.09 bits per heavy atom. The Kier molecular flexibility index (Phi) is 8.35. The number of alkyl halides is 1. The first-order chi connectivity index (χ1) is 21.1. The zero-order valence-electron chi connectivity index (χ0n) is 25.5. The van der Waals surface area contributed by atoms with Gasteiger partial charge in [-0.25, -0.2) is 9.18 Å². The van der Waals surface area contributed by atoms with Crippen molar-refractivity contribution in [3.8, 4) is 33.3 Å². The molecule has 1 aliphatic carbocycles. The highest BCUT2D eigenvalue weighted by atomic mass is 32.1. The van der Waals surface area contributed by atoms with Gasteiger partial charge in [0.15, 0.2) is 11.8 Å². The molecule has 10 nitrogen and oxygen atoms in total. The van der Waals surface area contributed by atoms with Gasteiger partial charge in [-0.15, -0.1) is 10.2 Å². The minimum absolute atomic E-state index is 0.00707. The summed E-state index contributed by atoms with van der Waals surface area (Å²) in [7, 11) is 2.96. The lowest BCUT2D eigenvalue weighted by Gasteiger charge is -2.45. The Bertz CT molecular complexity index is 1510. The van der Waals surface area contributed by atoms with Crippen molar-refractivity contribution in [1.29, 1.82) is 0 Å². The van der Waals surface area contributed by atoms with E-state index in [1.54, 1.807) is 17.0 Å². The molecule has 1 unspecified atom stereocenters. The zero-order chi connectivity index (χ0) is 31.2. The number of amides is 1. The number of hydrogen-bond donors (Lipinski definition) is 0. The standard InChI is InChI=1S/C31H37F2N5O5S/c1-31(2,3)43-30(39)38-20-9-11-22(38)27(33)23(15-20)37(19-7-8-19)29-36-35-28(44-29)21-10-6-17(12-24(21)42-16-40-4)18-13-25(32)34-26(14-18)41-5/h6,10,12-14,19-20,22-23,27H,7-9,11,15-16H2,1-5H3/t20-,22?,23-,27+/m0/s1. The number of aromatic nitrogens is 3. The second-order valence-corrected chi connectivity index (χ2v) is 13.4. The number of piperidine rings is 1.